The molecule has 1 unspecified atom stereocenters. The molecule has 0 aromatic heterocycles. The van der Waals surface area contributed by atoms with Gasteiger partial charge in [-0.2, -0.15) is 26.3 Å². The minimum Gasteiger partial charge on any atom is -0.493 e. The largest absolute Gasteiger partial charge is 0.493 e. The van der Waals surface area contributed by atoms with Gasteiger partial charge >= 0.3 is 18.4 Å². The topological polar surface area (TPSA) is 89.5 Å². The number of carbonyl (C=O) groups excluding carboxylic acids is 1. The Morgan fingerprint density at radius 2 is 1.69 bits per heavy atom. The van der Waals surface area contributed by atoms with Gasteiger partial charge in [-0.1, -0.05) is 51.8 Å². The molecule has 2 aliphatic heterocycles. The number of nitrogens with one attached hydrogen (secondary N) is 1. The first kappa shape index (κ1) is 37.2. The van der Waals surface area contributed by atoms with Crippen LogP contribution in [0.15, 0.2) is 36.4 Å². The number of aryl methyl sites for hydroxylation is 1. The number of aliphatic hydroxyl groups is 1. The zero-order valence-electron chi connectivity index (χ0n) is 27.2. The number of alkyl halides is 6. The highest BCUT2D eigenvalue weighted by Gasteiger charge is 2.71. The minimum absolute atomic E-state index is 0.00943. The summed E-state index contributed by atoms with van der Waals surface area (Å²) in [5.74, 6) is 1.35. The highest BCUT2D eigenvalue weighted by atomic mass is 19.4. The fraction of sp³-hybridized carbons (Fsp3) is 0.559. The number of fused-ring (bicyclic) bond motifs is 1. The number of carbonyl (C=O) groups is 1. The predicted molar refractivity (Wildman–Crippen MR) is 166 cm³/mol. The van der Waals surface area contributed by atoms with Crippen molar-refractivity contribution in [3.63, 3.8) is 0 Å². The smallest absolute Gasteiger partial charge is 0.430 e. The third-order valence-electron chi connectivity index (χ3n) is 8.34. The number of amides is 2. The first-order chi connectivity index (χ1) is 22.7. The van der Waals surface area contributed by atoms with Crippen molar-refractivity contribution in [3.8, 4) is 17.2 Å². The Labute approximate surface area is 276 Å². The fourth-order valence-electron chi connectivity index (χ4n) is 5.67. The van der Waals surface area contributed by atoms with Crippen LogP contribution in [0.2, 0.25) is 0 Å². The summed E-state index contributed by atoms with van der Waals surface area (Å²) in [5.41, 5.74) is -6.57. The molecule has 1 fully saturated rings. The molecule has 1 saturated heterocycles. The first-order valence-electron chi connectivity index (χ1n) is 16.1. The molecule has 2 N–H and O–H groups in total. The molecule has 266 valence electrons. The maximum atomic E-state index is 13.8. The second-order valence-electron chi connectivity index (χ2n) is 11.8. The molecule has 8 nitrogen and oxygen atoms in total. The third-order valence-corrected chi connectivity index (χ3v) is 8.34. The number of nitrogens with zero attached hydrogens (tertiary/aromatic N) is 1. The van der Waals surface area contributed by atoms with Crippen LogP contribution in [0.4, 0.5) is 31.1 Å². The van der Waals surface area contributed by atoms with E-state index in [1.54, 1.807) is 25.1 Å². The van der Waals surface area contributed by atoms with Crippen LogP contribution >= 0.6 is 0 Å². The zero-order valence-corrected chi connectivity index (χ0v) is 27.2. The number of benzene rings is 2. The number of halogens is 6. The number of urea groups is 1. The molecule has 0 radical (unpaired) electrons. The monoisotopic (exact) mass is 688 g/mol. The molecule has 0 aliphatic carbocycles. The number of hydrogen-bond acceptors (Lipinski definition) is 6. The molecule has 2 amide bonds. The molecule has 0 spiro atoms. The van der Waals surface area contributed by atoms with E-state index in [4.69, 9.17) is 18.9 Å². The fourth-order valence-corrected chi connectivity index (χ4v) is 5.67. The van der Waals surface area contributed by atoms with Crippen LogP contribution in [-0.4, -0.2) is 61.5 Å². The van der Waals surface area contributed by atoms with Crippen LogP contribution in [0.1, 0.15) is 81.5 Å². The number of unbranched alkanes of at least 4 members (excludes halogenated alkanes) is 2. The van der Waals surface area contributed by atoms with E-state index in [1.165, 1.54) is 11.0 Å². The van der Waals surface area contributed by atoms with Crippen molar-refractivity contribution < 1.29 is 55.2 Å². The van der Waals surface area contributed by atoms with Crippen LogP contribution in [-0.2, 0) is 22.5 Å². The number of rotatable bonds is 14. The lowest BCUT2D eigenvalue weighted by molar-refractivity contribution is -0.376. The van der Waals surface area contributed by atoms with E-state index in [-0.39, 0.29) is 42.7 Å². The molecule has 14 heteroatoms. The molecule has 48 heavy (non-hydrogen) atoms. The van der Waals surface area contributed by atoms with E-state index in [0.29, 0.717) is 75.8 Å². The normalized spacial score (nSPS) is 18.7. The Hall–Kier alpha value is -3.65. The summed E-state index contributed by atoms with van der Waals surface area (Å²) in [5, 5.41) is 13.1. The lowest BCUT2D eigenvalue weighted by Crippen LogP contribution is -2.59. The summed E-state index contributed by atoms with van der Waals surface area (Å²) in [6.45, 7) is 6.78. The highest BCUT2D eigenvalue weighted by Crippen LogP contribution is 2.51. The van der Waals surface area contributed by atoms with E-state index in [0.717, 1.165) is 11.6 Å². The van der Waals surface area contributed by atoms with Crippen molar-refractivity contribution in [1.29, 1.82) is 0 Å². The van der Waals surface area contributed by atoms with E-state index in [1.807, 2.05) is 19.9 Å². The zero-order chi connectivity index (χ0) is 35.2. The number of ether oxygens (including phenoxy) is 4. The van der Waals surface area contributed by atoms with Crippen molar-refractivity contribution in [2.75, 3.05) is 33.1 Å². The maximum absolute atomic E-state index is 13.8. The number of allylic oxidation sites excluding steroid dienone is 1. The molecule has 1 atom stereocenters. The van der Waals surface area contributed by atoms with Gasteiger partial charge in [-0.25, -0.2) is 4.79 Å². The molecular weight excluding hydrogens is 646 g/mol. The van der Waals surface area contributed by atoms with Crippen LogP contribution < -0.4 is 19.5 Å². The average molecular weight is 689 g/mol. The van der Waals surface area contributed by atoms with Gasteiger partial charge in [-0.05, 0) is 61.9 Å². The van der Waals surface area contributed by atoms with Gasteiger partial charge in [0.2, 0.25) is 0 Å². The second kappa shape index (κ2) is 15.3. The summed E-state index contributed by atoms with van der Waals surface area (Å²) >= 11 is 0. The summed E-state index contributed by atoms with van der Waals surface area (Å²) < 4.78 is 106. The molecule has 2 heterocycles. The van der Waals surface area contributed by atoms with Gasteiger partial charge in [0, 0.05) is 23.2 Å². The van der Waals surface area contributed by atoms with Crippen molar-refractivity contribution >= 4 is 12.1 Å². The molecule has 0 bridgehead atoms. The molecule has 4 rings (SSSR count). The van der Waals surface area contributed by atoms with E-state index < -0.39 is 29.2 Å². The molecule has 0 saturated carbocycles. The Kier molecular flexibility index (Phi) is 11.8. The lowest BCUT2D eigenvalue weighted by Gasteiger charge is -2.42. The van der Waals surface area contributed by atoms with Crippen molar-refractivity contribution in [2.45, 2.75) is 89.4 Å². The Bertz CT molecular complexity index is 1430. The second-order valence-corrected chi connectivity index (χ2v) is 11.8. The SMILES string of the molecule is CCC/C=C/c1cc(C(O)(C(F)(F)F)C(F)(F)F)cc(CCC)c1OCCCCN1COC(CC)(c2ccc3c(c2)OCCO3)NC1=O. The van der Waals surface area contributed by atoms with E-state index in [2.05, 4.69) is 5.32 Å². The molecular formula is C34H42F6N2O6. The van der Waals surface area contributed by atoms with Gasteiger partial charge in [0.05, 0.1) is 6.61 Å². The molecule has 2 aromatic carbocycles. The number of hydrogen-bond donors (Lipinski definition) is 2. The van der Waals surface area contributed by atoms with Crippen LogP contribution in [0.5, 0.6) is 17.2 Å². The summed E-state index contributed by atoms with van der Waals surface area (Å²) in [6, 6.07) is 6.49. The molecule has 2 aromatic rings. The van der Waals surface area contributed by atoms with Gasteiger partial charge in [0.15, 0.2) is 17.2 Å². The van der Waals surface area contributed by atoms with Gasteiger partial charge < -0.3 is 34.3 Å². The van der Waals surface area contributed by atoms with Gasteiger partial charge in [-0.3, -0.25) is 0 Å². The maximum Gasteiger partial charge on any atom is 0.430 e. The van der Waals surface area contributed by atoms with Crippen molar-refractivity contribution in [2.24, 2.45) is 0 Å². The average Bonchev–Trinajstić information content (AvgIpc) is 3.04. The quantitative estimate of drug-likeness (QED) is 0.155. The van der Waals surface area contributed by atoms with Crippen LogP contribution in [0.3, 0.4) is 0 Å². The highest BCUT2D eigenvalue weighted by molar-refractivity contribution is 5.75. The standard InChI is InChI=1S/C34H42F6N2O6/c1-4-7-8-12-24-20-26(32(44,33(35,36)37)34(38,39)40)19-23(11-5-2)29(24)47-16-10-9-15-42-22-48-31(6-3,41-30(42)43)25-13-14-27-28(21-25)46-18-17-45-27/h8,12-14,19-21,44H,4-7,9-11,15-18,22H2,1-3H3,(H,41,43)/b12-8+. The first-order valence-corrected chi connectivity index (χ1v) is 16.1. The Balaban J connectivity index is 1.44. The predicted octanol–water partition coefficient (Wildman–Crippen LogP) is 7.96. The van der Waals surface area contributed by atoms with Gasteiger partial charge in [-0.15, -0.1) is 0 Å². The van der Waals surface area contributed by atoms with Gasteiger partial charge in [0.1, 0.15) is 25.7 Å². The molecule has 2 aliphatic rings. The van der Waals surface area contributed by atoms with Crippen molar-refractivity contribution in [1.82, 2.24) is 10.2 Å². The van der Waals surface area contributed by atoms with Crippen LogP contribution in [0, 0.1) is 0 Å². The summed E-state index contributed by atoms with van der Waals surface area (Å²) in [6.07, 6.45) is -5.84. The van der Waals surface area contributed by atoms with E-state index in [9.17, 15) is 36.2 Å². The summed E-state index contributed by atoms with van der Waals surface area (Å²) in [7, 11) is 0. The van der Waals surface area contributed by atoms with Crippen molar-refractivity contribution in [3.05, 3.63) is 58.7 Å². The third kappa shape index (κ3) is 7.80. The minimum atomic E-state index is -6.01. The lowest BCUT2D eigenvalue weighted by atomic mass is 9.88. The van der Waals surface area contributed by atoms with E-state index >= 15 is 0 Å². The van der Waals surface area contributed by atoms with Crippen LogP contribution in [0.25, 0.3) is 6.08 Å². The van der Waals surface area contributed by atoms with Gasteiger partial charge in [0.25, 0.3) is 5.60 Å². The Morgan fingerprint density at radius 1 is 0.979 bits per heavy atom. The Morgan fingerprint density at radius 3 is 2.31 bits per heavy atom. The summed E-state index contributed by atoms with van der Waals surface area (Å²) in [4.78, 5) is 14.6.